The lowest BCUT2D eigenvalue weighted by Crippen LogP contribution is -2.30. The van der Waals surface area contributed by atoms with Gasteiger partial charge in [-0.25, -0.2) is 14.2 Å². The average molecular weight is 326 g/mol. The highest BCUT2D eigenvalue weighted by Crippen LogP contribution is 2.14. The lowest BCUT2D eigenvalue weighted by Gasteiger charge is -2.12. The quantitative estimate of drug-likeness (QED) is 0.692. The largest absolute Gasteiger partial charge is 0.461 e. The number of hydrogen-bond acceptors (Lipinski definition) is 4. The molecule has 0 bridgehead atoms. The zero-order valence-corrected chi connectivity index (χ0v) is 13.0. The monoisotopic (exact) mass is 326 g/mol. The summed E-state index contributed by atoms with van der Waals surface area (Å²) in [6, 6.07) is 13.3. The van der Waals surface area contributed by atoms with Crippen LogP contribution in [0.15, 0.2) is 53.3 Å². The number of hydrogen-bond donors (Lipinski definition) is 0. The normalized spacial score (nSPS) is 10.8. The van der Waals surface area contributed by atoms with E-state index in [0.29, 0.717) is 5.52 Å². The first kappa shape index (κ1) is 15.9. The molecule has 3 rings (SSSR count). The minimum atomic E-state index is -0.810. The van der Waals surface area contributed by atoms with E-state index in [9.17, 15) is 14.0 Å². The molecule has 0 aliphatic rings. The molecule has 0 aliphatic carbocycles. The molecule has 24 heavy (non-hydrogen) atoms. The molecule has 0 spiro atoms. The Hall–Kier alpha value is -3.02. The summed E-state index contributed by atoms with van der Waals surface area (Å²) in [6.07, 6.45) is 0. The van der Waals surface area contributed by atoms with E-state index in [4.69, 9.17) is 4.74 Å². The van der Waals surface area contributed by atoms with Gasteiger partial charge in [0.25, 0.3) is 5.56 Å². The number of fused-ring (bicyclic) bond motifs is 1. The van der Waals surface area contributed by atoms with Crippen LogP contribution in [-0.2, 0) is 11.3 Å². The number of rotatable bonds is 4. The Labute approximate surface area is 137 Å². The maximum absolute atomic E-state index is 13.5. The molecule has 5 nitrogen and oxygen atoms in total. The fraction of sp³-hybridized carbons (Fsp3) is 0.167. The molecule has 1 heterocycles. The van der Waals surface area contributed by atoms with E-state index < -0.39 is 17.3 Å². The number of ether oxygens (including phenoxy) is 1. The summed E-state index contributed by atoms with van der Waals surface area (Å²) in [7, 11) is 0. The first-order valence-electron chi connectivity index (χ1n) is 7.51. The second-order valence-corrected chi connectivity index (χ2v) is 5.19. The van der Waals surface area contributed by atoms with Crippen molar-refractivity contribution in [3.05, 3.63) is 76.0 Å². The van der Waals surface area contributed by atoms with Crippen LogP contribution in [0.3, 0.4) is 0 Å². The number of benzene rings is 2. The molecule has 0 saturated carbocycles. The summed E-state index contributed by atoms with van der Waals surface area (Å²) in [4.78, 5) is 28.7. The van der Waals surface area contributed by atoms with Crippen molar-refractivity contribution >= 4 is 17.0 Å². The molecule has 1 aromatic heterocycles. The van der Waals surface area contributed by atoms with Gasteiger partial charge in [0.05, 0.1) is 24.2 Å². The Morgan fingerprint density at radius 1 is 1.21 bits per heavy atom. The highest BCUT2D eigenvalue weighted by atomic mass is 19.1. The van der Waals surface area contributed by atoms with Crippen LogP contribution in [0.2, 0.25) is 0 Å². The van der Waals surface area contributed by atoms with Crippen molar-refractivity contribution in [2.24, 2.45) is 0 Å². The molecule has 6 heteroatoms. The van der Waals surface area contributed by atoms with E-state index in [1.165, 1.54) is 22.8 Å². The van der Waals surface area contributed by atoms with Crippen LogP contribution in [0, 0.1) is 5.82 Å². The number of nitrogens with zero attached hydrogens (tertiary/aromatic N) is 2. The SMILES string of the molecule is CCOC(=O)c1nc2cc(F)ccc2n(Cc2ccccc2)c1=O. The molecule has 0 atom stereocenters. The lowest BCUT2D eigenvalue weighted by atomic mass is 10.2. The van der Waals surface area contributed by atoms with Crippen LogP contribution in [-0.4, -0.2) is 22.1 Å². The van der Waals surface area contributed by atoms with E-state index in [0.717, 1.165) is 5.56 Å². The summed E-state index contributed by atoms with van der Waals surface area (Å²) in [6.45, 7) is 2.01. The number of carbonyl (C=O) groups is 1. The molecular weight excluding hydrogens is 311 g/mol. The van der Waals surface area contributed by atoms with Gasteiger partial charge in [0.15, 0.2) is 0 Å². The molecule has 0 radical (unpaired) electrons. The molecule has 0 amide bonds. The molecule has 0 aliphatic heterocycles. The van der Waals surface area contributed by atoms with Crippen molar-refractivity contribution in [1.82, 2.24) is 9.55 Å². The molecule has 3 aromatic rings. The Morgan fingerprint density at radius 2 is 1.96 bits per heavy atom. The zero-order chi connectivity index (χ0) is 17.1. The van der Waals surface area contributed by atoms with Gasteiger partial charge < -0.3 is 9.30 Å². The van der Waals surface area contributed by atoms with Crippen LogP contribution >= 0.6 is 0 Å². The number of carbonyl (C=O) groups excluding carboxylic acids is 1. The van der Waals surface area contributed by atoms with Crippen molar-refractivity contribution < 1.29 is 13.9 Å². The van der Waals surface area contributed by atoms with Gasteiger partial charge in [0, 0.05) is 6.07 Å². The topological polar surface area (TPSA) is 61.2 Å². The van der Waals surface area contributed by atoms with Gasteiger partial charge in [-0.1, -0.05) is 30.3 Å². The predicted octanol–water partition coefficient (Wildman–Crippen LogP) is 2.76. The molecular formula is C18H15FN2O3. The molecule has 0 unspecified atom stereocenters. The first-order chi connectivity index (χ1) is 11.6. The molecule has 0 saturated heterocycles. The highest BCUT2D eigenvalue weighted by Gasteiger charge is 2.19. The zero-order valence-electron chi connectivity index (χ0n) is 13.0. The van der Waals surface area contributed by atoms with E-state index in [1.54, 1.807) is 6.92 Å². The van der Waals surface area contributed by atoms with Crippen molar-refractivity contribution in [2.75, 3.05) is 6.61 Å². The minimum Gasteiger partial charge on any atom is -0.461 e. The van der Waals surface area contributed by atoms with Crippen LogP contribution in [0.25, 0.3) is 11.0 Å². The van der Waals surface area contributed by atoms with Crippen molar-refractivity contribution in [3.8, 4) is 0 Å². The maximum Gasteiger partial charge on any atom is 0.362 e. The Morgan fingerprint density at radius 3 is 2.67 bits per heavy atom. The summed E-state index contributed by atoms with van der Waals surface area (Å²) in [5.41, 5.74) is 0.667. The van der Waals surface area contributed by atoms with E-state index >= 15 is 0 Å². The van der Waals surface area contributed by atoms with Gasteiger partial charge >= 0.3 is 5.97 Å². The molecule has 0 N–H and O–H groups in total. The van der Waals surface area contributed by atoms with Crippen LogP contribution in [0.4, 0.5) is 4.39 Å². The summed E-state index contributed by atoms with van der Waals surface area (Å²) >= 11 is 0. The van der Waals surface area contributed by atoms with Gasteiger partial charge in [-0.2, -0.15) is 0 Å². The van der Waals surface area contributed by atoms with E-state index in [2.05, 4.69) is 4.98 Å². The van der Waals surface area contributed by atoms with Crippen molar-refractivity contribution in [3.63, 3.8) is 0 Å². The van der Waals surface area contributed by atoms with Crippen LogP contribution in [0.5, 0.6) is 0 Å². The van der Waals surface area contributed by atoms with Gasteiger partial charge in [-0.3, -0.25) is 4.79 Å². The standard InChI is InChI=1S/C18H15FN2O3/c1-2-24-18(23)16-17(22)21(11-12-6-4-3-5-7-12)15-9-8-13(19)10-14(15)20-16/h3-10H,2,11H2,1H3. The summed E-state index contributed by atoms with van der Waals surface area (Å²) < 4.78 is 19.8. The van der Waals surface area contributed by atoms with Crippen molar-refractivity contribution in [2.45, 2.75) is 13.5 Å². The number of esters is 1. The third-order valence-corrected chi connectivity index (χ3v) is 3.56. The Kier molecular flexibility index (Phi) is 4.37. The van der Waals surface area contributed by atoms with Gasteiger partial charge in [0.2, 0.25) is 5.69 Å². The third kappa shape index (κ3) is 3.03. The van der Waals surface area contributed by atoms with E-state index in [1.807, 2.05) is 30.3 Å². The number of aromatic nitrogens is 2. The Bertz CT molecular complexity index is 952. The Balaban J connectivity index is 2.22. The summed E-state index contributed by atoms with van der Waals surface area (Å²) in [5, 5.41) is 0. The van der Waals surface area contributed by atoms with Gasteiger partial charge in [-0.05, 0) is 24.6 Å². The highest BCUT2D eigenvalue weighted by molar-refractivity contribution is 5.89. The fourth-order valence-electron chi connectivity index (χ4n) is 2.48. The lowest BCUT2D eigenvalue weighted by molar-refractivity contribution is 0.0517. The second kappa shape index (κ2) is 6.62. The van der Waals surface area contributed by atoms with Crippen molar-refractivity contribution in [1.29, 1.82) is 0 Å². The average Bonchev–Trinajstić information content (AvgIpc) is 2.58. The number of halogens is 1. The van der Waals surface area contributed by atoms with Gasteiger partial charge in [0.1, 0.15) is 5.82 Å². The molecule has 0 fully saturated rings. The smallest absolute Gasteiger partial charge is 0.362 e. The first-order valence-corrected chi connectivity index (χ1v) is 7.51. The minimum absolute atomic E-state index is 0.125. The molecule has 122 valence electrons. The second-order valence-electron chi connectivity index (χ2n) is 5.19. The summed E-state index contributed by atoms with van der Waals surface area (Å²) in [5.74, 6) is -1.30. The van der Waals surface area contributed by atoms with Gasteiger partial charge in [-0.15, -0.1) is 0 Å². The fourth-order valence-corrected chi connectivity index (χ4v) is 2.48. The third-order valence-electron chi connectivity index (χ3n) is 3.56. The van der Waals surface area contributed by atoms with Crippen LogP contribution < -0.4 is 5.56 Å². The van der Waals surface area contributed by atoms with E-state index in [-0.39, 0.29) is 24.4 Å². The predicted molar refractivity (Wildman–Crippen MR) is 87.5 cm³/mol. The van der Waals surface area contributed by atoms with Crippen LogP contribution in [0.1, 0.15) is 23.0 Å². The molecule has 2 aromatic carbocycles. The maximum atomic E-state index is 13.5.